The first-order valence-corrected chi connectivity index (χ1v) is 9.33. The topological polar surface area (TPSA) is 47.1 Å². The number of piperidine rings is 1. The lowest BCUT2D eigenvalue weighted by Crippen LogP contribution is -2.34. The van der Waals surface area contributed by atoms with Crippen LogP contribution in [0.3, 0.4) is 0 Å². The molecule has 0 aliphatic carbocycles. The van der Waals surface area contributed by atoms with E-state index in [0.717, 1.165) is 48.7 Å². The summed E-state index contributed by atoms with van der Waals surface area (Å²) >= 11 is 1.65. The van der Waals surface area contributed by atoms with Crippen molar-refractivity contribution >= 4 is 17.8 Å². The maximum absolute atomic E-state index is 5.31. The van der Waals surface area contributed by atoms with Crippen LogP contribution < -0.4 is 0 Å². The predicted octanol–water partition coefficient (Wildman–Crippen LogP) is 3.10. The Hall–Kier alpha value is -1.53. The minimum Gasteiger partial charge on any atom is -0.465 e. The largest absolute Gasteiger partial charge is 0.465 e. The number of aromatic nitrogens is 3. The lowest BCUT2D eigenvalue weighted by Gasteiger charge is -2.30. The van der Waals surface area contributed by atoms with Crippen molar-refractivity contribution in [1.82, 2.24) is 19.7 Å². The van der Waals surface area contributed by atoms with Gasteiger partial charge in [-0.3, -0.25) is 4.90 Å². The van der Waals surface area contributed by atoms with E-state index < -0.39 is 0 Å². The Labute approximate surface area is 141 Å². The molecule has 1 aliphatic heterocycles. The van der Waals surface area contributed by atoms with Crippen LogP contribution in [0.5, 0.6) is 0 Å². The molecule has 5 nitrogen and oxygen atoms in total. The molecular formula is C17H24N4OS. The lowest BCUT2D eigenvalue weighted by atomic mass is 9.93. The quantitative estimate of drug-likeness (QED) is 0.761. The zero-order valence-corrected chi connectivity index (χ0v) is 14.6. The molecule has 0 atom stereocenters. The lowest BCUT2D eigenvalue weighted by molar-refractivity contribution is 0.198. The molecule has 1 fully saturated rings. The standard InChI is InChI=1S/C17H24N4OS/c1-20-16(18-19-17(20)23-2)13-14-7-10-21(11-8-14)9-3-5-15-6-4-12-22-15/h3-6,12,14H,7-11,13H2,1-2H3. The van der Waals surface area contributed by atoms with Gasteiger partial charge in [-0.1, -0.05) is 17.8 Å². The Morgan fingerprint density at radius 2 is 2.17 bits per heavy atom. The van der Waals surface area contributed by atoms with E-state index in [-0.39, 0.29) is 0 Å². The third kappa shape index (κ3) is 4.26. The SMILES string of the molecule is CSc1nnc(CC2CCN(CC=Cc3ccco3)CC2)n1C. The highest BCUT2D eigenvalue weighted by atomic mass is 32.2. The van der Waals surface area contributed by atoms with Crippen molar-refractivity contribution < 1.29 is 4.42 Å². The Morgan fingerprint density at radius 1 is 1.35 bits per heavy atom. The summed E-state index contributed by atoms with van der Waals surface area (Å²) in [4.78, 5) is 2.50. The number of nitrogens with zero attached hydrogens (tertiary/aromatic N) is 4. The van der Waals surface area contributed by atoms with Gasteiger partial charge in [0.25, 0.3) is 0 Å². The fourth-order valence-electron chi connectivity index (χ4n) is 3.04. The average molecular weight is 332 g/mol. The summed E-state index contributed by atoms with van der Waals surface area (Å²) in [6.45, 7) is 3.30. The zero-order chi connectivity index (χ0) is 16.1. The molecule has 2 aromatic heterocycles. The molecule has 0 bridgehead atoms. The Kier molecular flexibility index (Phi) is 5.56. The van der Waals surface area contributed by atoms with Gasteiger partial charge >= 0.3 is 0 Å². The van der Waals surface area contributed by atoms with Crippen molar-refractivity contribution in [1.29, 1.82) is 0 Å². The first kappa shape index (κ1) is 16.3. The monoisotopic (exact) mass is 332 g/mol. The number of hydrogen-bond acceptors (Lipinski definition) is 5. The number of furan rings is 1. The van der Waals surface area contributed by atoms with Gasteiger partial charge in [0, 0.05) is 20.0 Å². The van der Waals surface area contributed by atoms with Gasteiger partial charge in [0.2, 0.25) is 0 Å². The summed E-state index contributed by atoms with van der Waals surface area (Å²) in [6.07, 6.45) is 11.5. The van der Waals surface area contributed by atoms with E-state index in [9.17, 15) is 0 Å². The summed E-state index contributed by atoms with van der Waals surface area (Å²) in [5.41, 5.74) is 0. The van der Waals surface area contributed by atoms with Gasteiger partial charge in [-0.2, -0.15) is 0 Å². The minimum absolute atomic E-state index is 0.720. The molecule has 6 heteroatoms. The second kappa shape index (κ2) is 7.84. The summed E-state index contributed by atoms with van der Waals surface area (Å²) in [5.74, 6) is 2.76. The maximum atomic E-state index is 5.31. The van der Waals surface area contributed by atoms with Crippen molar-refractivity contribution in [2.45, 2.75) is 24.4 Å². The van der Waals surface area contributed by atoms with Gasteiger partial charge < -0.3 is 8.98 Å². The average Bonchev–Trinajstić information content (AvgIpc) is 3.20. The van der Waals surface area contributed by atoms with Crippen molar-refractivity contribution in [2.75, 3.05) is 25.9 Å². The normalized spacial score (nSPS) is 17.3. The van der Waals surface area contributed by atoms with Crippen LogP contribution in [0.1, 0.15) is 24.4 Å². The fraction of sp³-hybridized carbons (Fsp3) is 0.529. The van der Waals surface area contributed by atoms with Crippen molar-refractivity contribution in [3.63, 3.8) is 0 Å². The molecule has 0 N–H and O–H groups in total. The molecule has 0 aromatic carbocycles. The van der Waals surface area contributed by atoms with E-state index in [1.54, 1.807) is 18.0 Å². The van der Waals surface area contributed by atoms with Gasteiger partial charge in [-0.15, -0.1) is 10.2 Å². The molecule has 124 valence electrons. The van der Waals surface area contributed by atoms with E-state index >= 15 is 0 Å². The molecule has 0 amide bonds. The molecule has 0 saturated carbocycles. The van der Waals surface area contributed by atoms with Gasteiger partial charge in [0.1, 0.15) is 11.6 Å². The zero-order valence-electron chi connectivity index (χ0n) is 13.8. The van der Waals surface area contributed by atoms with Crippen LogP contribution in [0.15, 0.2) is 34.0 Å². The first-order chi connectivity index (χ1) is 11.3. The molecular weight excluding hydrogens is 308 g/mol. The van der Waals surface area contributed by atoms with E-state index in [1.807, 2.05) is 18.4 Å². The van der Waals surface area contributed by atoms with Gasteiger partial charge in [0.05, 0.1) is 6.26 Å². The predicted molar refractivity (Wildman–Crippen MR) is 93.4 cm³/mol. The van der Waals surface area contributed by atoms with Crippen LogP contribution >= 0.6 is 11.8 Å². The molecule has 23 heavy (non-hydrogen) atoms. The van der Waals surface area contributed by atoms with E-state index in [1.165, 1.54) is 12.8 Å². The molecule has 1 saturated heterocycles. The van der Waals surface area contributed by atoms with E-state index in [2.05, 4.69) is 38.9 Å². The molecule has 0 spiro atoms. The van der Waals surface area contributed by atoms with Gasteiger partial charge in [0.15, 0.2) is 5.16 Å². The summed E-state index contributed by atoms with van der Waals surface area (Å²) in [5, 5.41) is 9.56. The van der Waals surface area contributed by atoms with Crippen LogP contribution in [0, 0.1) is 5.92 Å². The van der Waals surface area contributed by atoms with Crippen molar-refractivity contribution in [3.05, 3.63) is 36.1 Å². The Morgan fingerprint density at radius 3 is 2.83 bits per heavy atom. The fourth-order valence-corrected chi connectivity index (χ4v) is 3.54. The number of thioether (sulfide) groups is 1. The van der Waals surface area contributed by atoms with Crippen LogP contribution in [-0.2, 0) is 13.5 Å². The van der Waals surface area contributed by atoms with Crippen molar-refractivity contribution in [2.24, 2.45) is 13.0 Å². The Bertz CT molecular complexity index is 627. The van der Waals surface area contributed by atoms with Crippen LogP contribution in [0.4, 0.5) is 0 Å². The highest BCUT2D eigenvalue weighted by Crippen LogP contribution is 2.22. The van der Waals surface area contributed by atoms with E-state index in [0.29, 0.717) is 0 Å². The highest BCUT2D eigenvalue weighted by molar-refractivity contribution is 7.98. The summed E-state index contributed by atoms with van der Waals surface area (Å²) in [6, 6.07) is 3.90. The molecule has 1 aliphatic rings. The second-order valence-corrected chi connectivity index (χ2v) is 6.80. The molecule has 0 radical (unpaired) electrons. The smallest absolute Gasteiger partial charge is 0.190 e. The molecule has 3 rings (SSSR count). The highest BCUT2D eigenvalue weighted by Gasteiger charge is 2.21. The molecule has 2 aromatic rings. The third-order valence-electron chi connectivity index (χ3n) is 4.47. The number of likely N-dealkylation sites (tertiary alicyclic amines) is 1. The van der Waals surface area contributed by atoms with Crippen LogP contribution in [0.25, 0.3) is 6.08 Å². The second-order valence-electron chi connectivity index (χ2n) is 6.03. The number of rotatable bonds is 6. The first-order valence-electron chi connectivity index (χ1n) is 8.11. The van der Waals surface area contributed by atoms with Crippen molar-refractivity contribution in [3.8, 4) is 0 Å². The number of hydrogen-bond donors (Lipinski definition) is 0. The maximum Gasteiger partial charge on any atom is 0.190 e. The summed E-state index contributed by atoms with van der Waals surface area (Å²) < 4.78 is 7.43. The van der Waals surface area contributed by atoms with E-state index in [4.69, 9.17) is 4.42 Å². The summed E-state index contributed by atoms with van der Waals surface area (Å²) in [7, 11) is 2.07. The third-order valence-corrected chi connectivity index (χ3v) is 5.20. The molecule has 0 unspecified atom stereocenters. The van der Waals surface area contributed by atoms with Gasteiger partial charge in [-0.05, 0) is 56.3 Å². The Balaban J connectivity index is 1.44. The van der Waals surface area contributed by atoms with Gasteiger partial charge in [-0.25, -0.2) is 0 Å². The minimum atomic E-state index is 0.720. The van der Waals surface area contributed by atoms with Crippen LogP contribution in [0.2, 0.25) is 0 Å². The molecule has 3 heterocycles. The van der Waals surface area contributed by atoms with Crippen LogP contribution in [-0.4, -0.2) is 45.6 Å².